The smallest absolute Gasteiger partial charge is 0.290 e. The molecule has 2 bridgehead atoms. The van der Waals surface area contributed by atoms with Crippen molar-refractivity contribution in [2.75, 3.05) is 0 Å². The maximum atomic E-state index is 4.72. The van der Waals surface area contributed by atoms with Gasteiger partial charge in [-0.15, -0.1) is 0 Å². The third-order valence-electron chi connectivity index (χ3n) is 5.05. The summed E-state index contributed by atoms with van der Waals surface area (Å²) in [5.41, 5.74) is 1.33. The monoisotopic (exact) mass is 238 g/mol. The summed E-state index contributed by atoms with van der Waals surface area (Å²) < 4.78 is 2.35. The molecule has 0 unspecified atom stereocenters. The molecule has 0 radical (unpaired) electrons. The van der Waals surface area contributed by atoms with Gasteiger partial charge in [0.15, 0.2) is 0 Å². The van der Waals surface area contributed by atoms with Crippen molar-refractivity contribution in [2.24, 2.45) is 0 Å². The fraction of sp³-hybridized carbons (Fsp3) is 0.533. The van der Waals surface area contributed by atoms with E-state index in [4.69, 9.17) is 5.10 Å². The fourth-order valence-corrected chi connectivity index (χ4v) is 4.27. The zero-order valence-corrected chi connectivity index (χ0v) is 10.8. The summed E-state index contributed by atoms with van der Waals surface area (Å²) in [6.45, 7) is 0.674. The second-order valence-electron chi connectivity index (χ2n) is 6.02. The summed E-state index contributed by atoms with van der Waals surface area (Å²) in [7, 11) is 0. The molecule has 0 spiro atoms. The van der Waals surface area contributed by atoms with E-state index in [0.717, 1.165) is 11.6 Å². The van der Waals surface area contributed by atoms with Gasteiger partial charge in [-0.3, -0.25) is 0 Å². The van der Waals surface area contributed by atoms with Gasteiger partial charge in [-0.05, 0) is 17.7 Å². The maximum Gasteiger partial charge on any atom is 0.290 e. The minimum atomic E-state index is 0.674. The average molecular weight is 238 g/mol. The van der Waals surface area contributed by atoms with E-state index < -0.39 is 0 Å². The van der Waals surface area contributed by atoms with Gasteiger partial charge in [-0.1, -0.05) is 56.7 Å². The Labute approximate surface area is 108 Å². The third-order valence-corrected chi connectivity index (χ3v) is 5.05. The van der Waals surface area contributed by atoms with Crippen LogP contribution >= 0.6 is 0 Å². The highest BCUT2D eigenvalue weighted by Crippen LogP contribution is 2.47. The molecule has 2 saturated heterocycles. The van der Waals surface area contributed by atoms with Crippen LogP contribution < -0.4 is 0 Å². The van der Waals surface area contributed by atoms with Crippen molar-refractivity contribution in [3.05, 3.63) is 30.5 Å². The molecule has 2 nitrogen and oxygen atoms in total. The normalized spacial score (nSPS) is 27.7. The van der Waals surface area contributed by atoms with Gasteiger partial charge in [-0.25, -0.2) is 0 Å². The van der Waals surface area contributed by atoms with Crippen LogP contribution in [0.25, 0.3) is 10.9 Å². The highest BCUT2D eigenvalue weighted by molar-refractivity contribution is 6.61. The lowest BCUT2D eigenvalue weighted by Crippen LogP contribution is -2.41. The third kappa shape index (κ3) is 1.53. The molecule has 0 saturated carbocycles. The van der Waals surface area contributed by atoms with Crippen molar-refractivity contribution in [1.29, 1.82) is 0 Å². The summed E-state index contributed by atoms with van der Waals surface area (Å²) in [5.74, 6) is 1.75. The number of benzene rings is 1. The van der Waals surface area contributed by atoms with Gasteiger partial charge >= 0.3 is 0 Å². The lowest BCUT2D eigenvalue weighted by molar-refractivity contribution is 0.434. The topological polar surface area (TPSA) is 17.8 Å². The summed E-state index contributed by atoms with van der Waals surface area (Å²) in [6, 6.07) is 8.65. The van der Waals surface area contributed by atoms with Crippen LogP contribution in [0.15, 0.2) is 30.5 Å². The van der Waals surface area contributed by atoms with Crippen LogP contribution in [0.5, 0.6) is 0 Å². The second kappa shape index (κ2) is 4.15. The van der Waals surface area contributed by atoms with Crippen LogP contribution in [0.3, 0.4) is 0 Å². The molecule has 18 heavy (non-hydrogen) atoms. The van der Waals surface area contributed by atoms with Crippen LogP contribution in [0.1, 0.15) is 38.5 Å². The first kappa shape index (κ1) is 10.7. The van der Waals surface area contributed by atoms with Crippen molar-refractivity contribution < 1.29 is 0 Å². The molecule has 2 aromatic rings. The molecule has 0 amide bonds. The molecule has 4 rings (SSSR count). The zero-order chi connectivity index (χ0) is 11.9. The average Bonchev–Trinajstić information content (AvgIpc) is 2.81. The Bertz CT molecular complexity index is 540. The van der Waals surface area contributed by atoms with Crippen molar-refractivity contribution in [3.8, 4) is 0 Å². The van der Waals surface area contributed by atoms with E-state index in [9.17, 15) is 0 Å². The molecule has 0 aliphatic carbocycles. The maximum absolute atomic E-state index is 4.72. The molecule has 2 fully saturated rings. The van der Waals surface area contributed by atoms with Crippen LogP contribution in [0.2, 0.25) is 11.6 Å². The van der Waals surface area contributed by atoms with Crippen molar-refractivity contribution in [2.45, 2.75) is 50.2 Å². The number of hydrogen-bond donors (Lipinski definition) is 0. The molecule has 1 aromatic heterocycles. The van der Waals surface area contributed by atoms with Gasteiger partial charge in [-0.2, -0.15) is 5.10 Å². The first-order valence-electron chi connectivity index (χ1n) is 7.36. The summed E-state index contributed by atoms with van der Waals surface area (Å²) in [6.07, 6.45) is 10.6. The van der Waals surface area contributed by atoms with Crippen LogP contribution in [-0.4, -0.2) is 16.5 Å². The molecule has 0 N–H and O–H groups in total. The van der Waals surface area contributed by atoms with E-state index in [-0.39, 0.29) is 0 Å². The number of hydrogen-bond acceptors (Lipinski definition) is 1. The minimum Gasteiger partial charge on any atom is -0.310 e. The molecule has 1 aromatic carbocycles. The molecule has 92 valence electrons. The first-order chi connectivity index (χ1) is 8.93. The number of aromatic nitrogens is 2. The van der Waals surface area contributed by atoms with Crippen molar-refractivity contribution in [1.82, 2.24) is 9.69 Å². The molecule has 2 aliphatic heterocycles. The van der Waals surface area contributed by atoms with E-state index in [2.05, 4.69) is 28.9 Å². The largest absolute Gasteiger partial charge is 0.310 e. The highest BCUT2D eigenvalue weighted by Gasteiger charge is 2.42. The van der Waals surface area contributed by atoms with Gasteiger partial charge in [0.2, 0.25) is 0 Å². The Balaban J connectivity index is 1.81. The lowest BCUT2D eigenvalue weighted by Gasteiger charge is -2.40. The minimum absolute atomic E-state index is 0.674. The standard InChI is InChI=1S/C15H19BN2/c1-2-10-15-12(5-1)11-17-18(15)16-13-6-3-7-14(16)9-4-8-13/h1-2,5,10-11,13-14H,3-4,6-9H2. The summed E-state index contributed by atoms with van der Waals surface area (Å²) in [5, 5.41) is 6.01. The van der Waals surface area contributed by atoms with Gasteiger partial charge in [0, 0.05) is 5.39 Å². The Morgan fingerprint density at radius 2 is 1.67 bits per heavy atom. The molecular weight excluding hydrogens is 219 g/mol. The van der Waals surface area contributed by atoms with E-state index in [1.54, 1.807) is 0 Å². The van der Waals surface area contributed by atoms with Gasteiger partial charge in [0.25, 0.3) is 6.85 Å². The molecule has 3 heterocycles. The Hall–Kier alpha value is -1.25. The Morgan fingerprint density at radius 1 is 1.00 bits per heavy atom. The number of para-hydroxylation sites is 1. The van der Waals surface area contributed by atoms with Gasteiger partial charge < -0.3 is 4.59 Å². The van der Waals surface area contributed by atoms with Crippen molar-refractivity contribution >= 4 is 17.8 Å². The summed E-state index contributed by atoms with van der Waals surface area (Å²) in [4.78, 5) is 0. The Kier molecular flexibility index (Phi) is 2.46. The predicted molar refractivity (Wildman–Crippen MR) is 76.1 cm³/mol. The van der Waals surface area contributed by atoms with E-state index in [0.29, 0.717) is 6.85 Å². The quantitative estimate of drug-likeness (QED) is 0.687. The fourth-order valence-electron chi connectivity index (χ4n) is 4.27. The van der Waals surface area contributed by atoms with Crippen LogP contribution in [0, 0.1) is 0 Å². The molecule has 3 heteroatoms. The van der Waals surface area contributed by atoms with E-state index >= 15 is 0 Å². The van der Waals surface area contributed by atoms with Crippen molar-refractivity contribution in [3.63, 3.8) is 0 Å². The van der Waals surface area contributed by atoms with E-state index in [1.807, 2.05) is 6.20 Å². The number of fused-ring (bicyclic) bond motifs is 3. The van der Waals surface area contributed by atoms with Gasteiger partial charge in [0.1, 0.15) is 0 Å². The van der Waals surface area contributed by atoms with Crippen LogP contribution in [-0.2, 0) is 0 Å². The highest BCUT2D eigenvalue weighted by atomic mass is 15.2. The summed E-state index contributed by atoms with van der Waals surface area (Å²) >= 11 is 0. The number of nitrogens with zero attached hydrogens (tertiary/aromatic N) is 2. The van der Waals surface area contributed by atoms with Gasteiger partial charge in [0.05, 0.1) is 11.7 Å². The SMILES string of the molecule is c1ccc2c(c1)cnn2B1C2CCCC1CCC2. The molecular formula is C15H19BN2. The lowest BCUT2D eigenvalue weighted by atomic mass is 9.34. The zero-order valence-electron chi connectivity index (χ0n) is 10.8. The molecule has 0 atom stereocenters. The predicted octanol–water partition coefficient (Wildman–Crippen LogP) is 3.98. The van der Waals surface area contributed by atoms with Crippen LogP contribution in [0.4, 0.5) is 0 Å². The molecule has 2 aliphatic rings. The Morgan fingerprint density at radius 3 is 2.39 bits per heavy atom. The number of rotatable bonds is 1. The van der Waals surface area contributed by atoms with E-state index in [1.165, 1.54) is 49.4 Å². The first-order valence-corrected chi connectivity index (χ1v) is 7.36. The second-order valence-corrected chi connectivity index (χ2v) is 6.02.